The Labute approximate surface area is 85.8 Å². The standard InChI is InChI=1S/C10H10N2O3/c1-5-6(2)15-9(12-5)8-7(10(13)14)3-4-11-8/h3-4,11H,1-2H3,(H,13,14). The van der Waals surface area contributed by atoms with Gasteiger partial charge in [0.2, 0.25) is 5.89 Å². The van der Waals surface area contributed by atoms with Crippen LogP contribution in [0.25, 0.3) is 11.6 Å². The van der Waals surface area contributed by atoms with E-state index in [0.29, 0.717) is 17.3 Å². The smallest absolute Gasteiger partial charge is 0.338 e. The number of hydrogen-bond acceptors (Lipinski definition) is 3. The van der Waals surface area contributed by atoms with Crippen LogP contribution in [-0.2, 0) is 0 Å². The summed E-state index contributed by atoms with van der Waals surface area (Å²) in [7, 11) is 0. The van der Waals surface area contributed by atoms with Crippen molar-refractivity contribution < 1.29 is 14.3 Å². The second kappa shape index (κ2) is 3.27. The third-order valence-corrected chi connectivity index (χ3v) is 2.22. The van der Waals surface area contributed by atoms with Gasteiger partial charge in [0.15, 0.2) is 0 Å². The van der Waals surface area contributed by atoms with Crippen LogP contribution in [0.3, 0.4) is 0 Å². The van der Waals surface area contributed by atoms with Crippen molar-refractivity contribution >= 4 is 5.97 Å². The van der Waals surface area contributed by atoms with Crippen molar-refractivity contribution in [3.05, 3.63) is 29.3 Å². The molecule has 0 atom stereocenters. The summed E-state index contributed by atoms with van der Waals surface area (Å²) in [6.07, 6.45) is 1.55. The quantitative estimate of drug-likeness (QED) is 0.787. The molecule has 2 rings (SSSR count). The highest BCUT2D eigenvalue weighted by Gasteiger charge is 2.17. The van der Waals surface area contributed by atoms with E-state index in [9.17, 15) is 4.79 Å². The predicted octanol–water partition coefficient (Wildman–Crippen LogP) is 1.98. The van der Waals surface area contributed by atoms with E-state index < -0.39 is 5.97 Å². The Balaban J connectivity index is 2.54. The van der Waals surface area contributed by atoms with Crippen molar-refractivity contribution in [2.45, 2.75) is 13.8 Å². The van der Waals surface area contributed by atoms with Gasteiger partial charge in [-0.1, -0.05) is 0 Å². The van der Waals surface area contributed by atoms with Gasteiger partial charge in [-0.25, -0.2) is 9.78 Å². The highest BCUT2D eigenvalue weighted by atomic mass is 16.4. The van der Waals surface area contributed by atoms with Crippen LogP contribution in [0.4, 0.5) is 0 Å². The number of nitrogens with one attached hydrogen (secondary N) is 1. The first-order chi connectivity index (χ1) is 7.09. The van der Waals surface area contributed by atoms with Crippen LogP contribution in [-0.4, -0.2) is 21.0 Å². The molecule has 0 aliphatic rings. The minimum Gasteiger partial charge on any atom is -0.478 e. The molecule has 0 bridgehead atoms. The third kappa shape index (κ3) is 1.52. The average molecular weight is 206 g/mol. The summed E-state index contributed by atoms with van der Waals surface area (Å²) in [5, 5.41) is 8.90. The van der Waals surface area contributed by atoms with Crippen molar-refractivity contribution in [2.24, 2.45) is 0 Å². The largest absolute Gasteiger partial charge is 0.478 e. The van der Waals surface area contributed by atoms with Crippen molar-refractivity contribution in [3.8, 4) is 11.6 Å². The maximum Gasteiger partial charge on any atom is 0.338 e. The Kier molecular flexibility index (Phi) is 2.07. The molecule has 0 amide bonds. The summed E-state index contributed by atoms with van der Waals surface area (Å²) in [6, 6.07) is 1.48. The lowest BCUT2D eigenvalue weighted by Crippen LogP contribution is -1.96. The molecular weight excluding hydrogens is 196 g/mol. The monoisotopic (exact) mass is 206 g/mol. The minimum absolute atomic E-state index is 0.163. The van der Waals surface area contributed by atoms with E-state index in [2.05, 4.69) is 9.97 Å². The number of carbonyl (C=O) groups is 1. The lowest BCUT2D eigenvalue weighted by atomic mass is 10.2. The molecule has 15 heavy (non-hydrogen) atoms. The Bertz CT molecular complexity index is 491. The summed E-state index contributed by atoms with van der Waals surface area (Å²) < 4.78 is 5.34. The highest BCUT2D eigenvalue weighted by molar-refractivity contribution is 5.93. The molecule has 0 aliphatic carbocycles. The summed E-state index contributed by atoms with van der Waals surface area (Å²) in [5.41, 5.74) is 1.32. The van der Waals surface area contributed by atoms with Gasteiger partial charge in [-0.3, -0.25) is 0 Å². The fraction of sp³-hybridized carbons (Fsp3) is 0.200. The molecule has 0 aliphatic heterocycles. The molecule has 2 aromatic rings. The number of carboxylic acids is 1. The molecule has 5 heteroatoms. The Morgan fingerprint density at radius 3 is 2.80 bits per heavy atom. The van der Waals surface area contributed by atoms with Gasteiger partial charge in [0.05, 0.1) is 11.3 Å². The number of rotatable bonds is 2. The van der Waals surface area contributed by atoms with Crippen LogP contribution >= 0.6 is 0 Å². The van der Waals surface area contributed by atoms with Crippen LogP contribution in [0.15, 0.2) is 16.7 Å². The molecule has 5 nitrogen and oxygen atoms in total. The molecule has 0 aromatic carbocycles. The Morgan fingerprint density at radius 2 is 2.27 bits per heavy atom. The summed E-state index contributed by atoms with van der Waals surface area (Å²) >= 11 is 0. The molecule has 0 saturated carbocycles. The fourth-order valence-electron chi connectivity index (χ4n) is 1.30. The number of aromatic amines is 1. The van der Waals surface area contributed by atoms with Crippen LogP contribution < -0.4 is 0 Å². The molecule has 2 N–H and O–H groups in total. The molecule has 78 valence electrons. The van der Waals surface area contributed by atoms with Crippen LogP contribution in [0, 0.1) is 13.8 Å². The Hall–Kier alpha value is -2.04. The third-order valence-electron chi connectivity index (χ3n) is 2.22. The van der Waals surface area contributed by atoms with Crippen molar-refractivity contribution in [1.82, 2.24) is 9.97 Å². The van der Waals surface area contributed by atoms with E-state index >= 15 is 0 Å². The van der Waals surface area contributed by atoms with Gasteiger partial charge in [-0.2, -0.15) is 0 Å². The lowest BCUT2D eigenvalue weighted by Gasteiger charge is -1.93. The molecule has 0 spiro atoms. The van der Waals surface area contributed by atoms with E-state index in [1.807, 2.05) is 6.92 Å². The fourth-order valence-corrected chi connectivity index (χ4v) is 1.30. The second-order valence-electron chi connectivity index (χ2n) is 3.23. The zero-order chi connectivity index (χ0) is 11.0. The van der Waals surface area contributed by atoms with Crippen LogP contribution in [0.2, 0.25) is 0 Å². The van der Waals surface area contributed by atoms with E-state index in [1.54, 1.807) is 13.1 Å². The van der Waals surface area contributed by atoms with Crippen molar-refractivity contribution in [2.75, 3.05) is 0 Å². The predicted molar refractivity (Wildman–Crippen MR) is 52.7 cm³/mol. The highest BCUT2D eigenvalue weighted by Crippen LogP contribution is 2.23. The summed E-state index contributed by atoms with van der Waals surface area (Å²) in [6.45, 7) is 3.60. The first kappa shape index (κ1) is 9.51. The molecule has 2 aromatic heterocycles. The normalized spacial score (nSPS) is 10.5. The number of aromatic nitrogens is 2. The number of carboxylic acid groups (broad SMARTS) is 1. The summed E-state index contributed by atoms with van der Waals surface area (Å²) in [4.78, 5) is 17.8. The molecule has 0 saturated heterocycles. The topological polar surface area (TPSA) is 79.1 Å². The van der Waals surface area contributed by atoms with Crippen molar-refractivity contribution in [1.29, 1.82) is 0 Å². The number of hydrogen-bond donors (Lipinski definition) is 2. The number of aryl methyl sites for hydroxylation is 2. The van der Waals surface area contributed by atoms with E-state index in [4.69, 9.17) is 9.52 Å². The maximum atomic E-state index is 10.9. The van der Waals surface area contributed by atoms with Crippen LogP contribution in [0.1, 0.15) is 21.8 Å². The van der Waals surface area contributed by atoms with E-state index in [0.717, 1.165) is 5.69 Å². The molecule has 0 radical (unpaired) electrons. The van der Waals surface area contributed by atoms with Gasteiger partial charge >= 0.3 is 5.97 Å². The van der Waals surface area contributed by atoms with Crippen molar-refractivity contribution in [3.63, 3.8) is 0 Å². The maximum absolute atomic E-state index is 10.9. The average Bonchev–Trinajstić information content (AvgIpc) is 2.73. The van der Waals surface area contributed by atoms with Gasteiger partial charge in [0, 0.05) is 6.20 Å². The lowest BCUT2D eigenvalue weighted by molar-refractivity contribution is 0.0697. The molecule has 0 fully saturated rings. The minimum atomic E-state index is -1.00. The first-order valence-electron chi connectivity index (χ1n) is 4.44. The van der Waals surface area contributed by atoms with Gasteiger partial charge < -0.3 is 14.5 Å². The summed E-state index contributed by atoms with van der Waals surface area (Å²) in [5.74, 6) is 0.00287. The zero-order valence-corrected chi connectivity index (χ0v) is 8.37. The van der Waals surface area contributed by atoms with Gasteiger partial charge in [0.25, 0.3) is 0 Å². The van der Waals surface area contributed by atoms with Gasteiger partial charge in [-0.05, 0) is 19.9 Å². The second-order valence-corrected chi connectivity index (χ2v) is 3.23. The SMILES string of the molecule is Cc1nc(-c2[nH]ccc2C(=O)O)oc1C. The number of oxazole rings is 1. The Morgan fingerprint density at radius 1 is 1.53 bits per heavy atom. The van der Waals surface area contributed by atoms with Crippen LogP contribution in [0.5, 0.6) is 0 Å². The first-order valence-corrected chi connectivity index (χ1v) is 4.44. The number of nitrogens with zero attached hydrogens (tertiary/aromatic N) is 1. The molecular formula is C10H10N2O3. The molecule has 0 unspecified atom stereocenters. The zero-order valence-electron chi connectivity index (χ0n) is 8.37. The molecule has 2 heterocycles. The number of H-pyrrole nitrogens is 1. The van der Waals surface area contributed by atoms with E-state index in [1.165, 1.54) is 6.07 Å². The van der Waals surface area contributed by atoms with Gasteiger partial charge in [0.1, 0.15) is 11.5 Å². The van der Waals surface area contributed by atoms with E-state index in [-0.39, 0.29) is 5.56 Å². The van der Waals surface area contributed by atoms with Gasteiger partial charge in [-0.15, -0.1) is 0 Å². The number of aromatic carboxylic acids is 1.